The second-order valence-corrected chi connectivity index (χ2v) is 4.42. The number of hydrogen-bond acceptors (Lipinski definition) is 1. The Morgan fingerprint density at radius 1 is 1.12 bits per heavy atom. The van der Waals surface area contributed by atoms with Crippen molar-refractivity contribution in [1.29, 1.82) is 0 Å². The quantitative estimate of drug-likeness (QED) is 0.571. The Bertz CT molecular complexity index is 582. The number of rotatable bonds is 1. The Kier molecular flexibility index (Phi) is 2.04. The zero-order valence-electron chi connectivity index (χ0n) is 8.57. The lowest BCUT2D eigenvalue weighted by Gasteiger charge is -2.25. The largest absolute Gasteiger partial charge is 0.366 e. The molecule has 3 rings (SSSR count). The molecular formula is C13H11ClN2. The van der Waals surface area contributed by atoms with E-state index in [-0.39, 0.29) is 0 Å². The van der Waals surface area contributed by atoms with Crippen LogP contribution >= 0.6 is 11.6 Å². The number of fused-ring (bicyclic) bond motifs is 1. The summed E-state index contributed by atoms with van der Waals surface area (Å²) in [6.45, 7) is 0. The van der Waals surface area contributed by atoms with Crippen molar-refractivity contribution in [3.63, 3.8) is 0 Å². The summed E-state index contributed by atoms with van der Waals surface area (Å²) < 4.78 is 0. The monoisotopic (exact) mass is 230 g/mol. The van der Waals surface area contributed by atoms with E-state index in [2.05, 4.69) is 16.4 Å². The van der Waals surface area contributed by atoms with Gasteiger partial charge >= 0.3 is 0 Å². The second kappa shape index (κ2) is 3.42. The molecule has 0 amide bonds. The van der Waals surface area contributed by atoms with E-state index in [9.17, 15) is 0 Å². The topological polar surface area (TPSA) is 27.8 Å². The van der Waals surface area contributed by atoms with Gasteiger partial charge < -0.3 is 10.3 Å². The molecule has 1 aliphatic rings. The first-order chi connectivity index (χ1) is 7.80. The van der Waals surface area contributed by atoms with Crippen LogP contribution in [0.4, 0.5) is 0 Å². The van der Waals surface area contributed by atoms with Gasteiger partial charge in [-0.1, -0.05) is 35.9 Å². The van der Waals surface area contributed by atoms with Gasteiger partial charge in [-0.05, 0) is 24.4 Å². The van der Waals surface area contributed by atoms with Crippen LogP contribution in [0.5, 0.6) is 0 Å². The van der Waals surface area contributed by atoms with E-state index in [1.807, 2.05) is 48.8 Å². The number of halogens is 1. The van der Waals surface area contributed by atoms with Crippen molar-refractivity contribution < 1.29 is 0 Å². The fourth-order valence-corrected chi connectivity index (χ4v) is 2.29. The second-order valence-electron chi connectivity index (χ2n) is 3.82. The van der Waals surface area contributed by atoms with Crippen LogP contribution in [0.15, 0.2) is 54.9 Å². The third-order valence-corrected chi connectivity index (χ3v) is 3.25. The number of hydrogen-bond donors (Lipinski definition) is 2. The minimum atomic E-state index is -0.644. The number of para-hydroxylation sites is 1. The zero-order chi connectivity index (χ0) is 11.0. The van der Waals surface area contributed by atoms with Crippen LogP contribution in [-0.4, -0.2) is 4.98 Å². The summed E-state index contributed by atoms with van der Waals surface area (Å²) in [5, 5.41) is 4.31. The molecule has 0 bridgehead atoms. The van der Waals surface area contributed by atoms with E-state index in [0.717, 1.165) is 16.5 Å². The van der Waals surface area contributed by atoms with Gasteiger partial charge in [-0.2, -0.15) is 0 Å². The van der Waals surface area contributed by atoms with Crippen LogP contribution in [0.25, 0.3) is 10.9 Å². The van der Waals surface area contributed by atoms with Crippen molar-refractivity contribution in [1.82, 2.24) is 10.3 Å². The molecule has 0 aliphatic carbocycles. The highest BCUT2D eigenvalue weighted by molar-refractivity contribution is 6.26. The number of aromatic amines is 1. The van der Waals surface area contributed by atoms with Gasteiger partial charge in [-0.3, -0.25) is 0 Å². The maximum Gasteiger partial charge on any atom is 0.159 e. The lowest BCUT2D eigenvalue weighted by molar-refractivity contribution is 0.671. The Morgan fingerprint density at radius 3 is 2.81 bits per heavy atom. The molecule has 0 radical (unpaired) electrons. The SMILES string of the molecule is ClC1(c2c[nH]c3ccccc23)C=CC=CN1. The Hall–Kier alpha value is -1.67. The normalized spacial score (nSPS) is 23.6. The molecular weight excluding hydrogens is 220 g/mol. The van der Waals surface area contributed by atoms with Crippen molar-refractivity contribution >= 4 is 22.5 Å². The van der Waals surface area contributed by atoms with Crippen molar-refractivity contribution in [2.75, 3.05) is 0 Å². The third-order valence-electron chi connectivity index (χ3n) is 2.81. The average Bonchev–Trinajstić information content (AvgIpc) is 2.74. The standard InChI is InChI=1S/C13H11ClN2/c14-13(7-3-4-8-16-13)11-9-15-12-6-2-1-5-10(11)12/h1-9,15-16H. The first kappa shape index (κ1) is 9.55. The number of allylic oxidation sites excluding steroid dienone is 2. The number of nitrogens with one attached hydrogen (secondary N) is 2. The van der Waals surface area contributed by atoms with Crippen molar-refractivity contribution in [2.45, 2.75) is 5.00 Å². The fourth-order valence-electron chi connectivity index (χ4n) is 2.00. The predicted octanol–water partition coefficient (Wildman–Crippen LogP) is 3.23. The molecule has 2 aromatic rings. The molecule has 1 unspecified atom stereocenters. The van der Waals surface area contributed by atoms with E-state index in [4.69, 9.17) is 11.6 Å². The summed E-state index contributed by atoms with van der Waals surface area (Å²) in [5.74, 6) is 0. The molecule has 2 nitrogen and oxygen atoms in total. The van der Waals surface area contributed by atoms with Crippen LogP contribution < -0.4 is 5.32 Å². The van der Waals surface area contributed by atoms with Crippen LogP contribution in [0.3, 0.4) is 0 Å². The summed E-state index contributed by atoms with van der Waals surface area (Å²) in [5.41, 5.74) is 2.15. The summed E-state index contributed by atoms with van der Waals surface area (Å²) in [6, 6.07) is 8.14. The van der Waals surface area contributed by atoms with Gasteiger partial charge in [0.15, 0.2) is 5.00 Å². The first-order valence-corrected chi connectivity index (χ1v) is 5.55. The first-order valence-electron chi connectivity index (χ1n) is 5.17. The molecule has 1 aromatic carbocycles. The maximum atomic E-state index is 6.55. The fraction of sp³-hybridized carbons (Fsp3) is 0.0769. The molecule has 0 fully saturated rings. The zero-order valence-corrected chi connectivity index (χ0v) is 9.33. The molecule has 3 heteroatoms. The molecule has 0 saturated carbocycles. The molecule has 16 heavy (non-hydrogen) atoms. The summed E-state index contributed by atoms with van der Waals surface area (Å²) in [6.07, 6.45) is 9.63. The molecule has 2 heterocycles. The smallest absolute Gasteiger partial charge is 0.159 e. The summed E-state index contributed by atoms with van der Waals surface area (Å²) in [4.78, 5) is 2.58. The highest BCUT2D eigenvalue weighted by Crippen LogP contribution is 2.34. The van der Waals surface area contributed by atoms with Crippen LogP contribution in [0.2, 0.25) is 0 Å². The Labute approximate surface area is 98.6 Å². The number of benzene rings is 1. The van der Waals surface area contributed by atoms with Crippen molar-refractivity contribution in [2.24, 2.45) is 0 Å². The van der Waals surface area contributed by atoms with Gasteiger partial charge in [0.1, 0.15) is 0 Å². The van der Waals surface area contributed by atoms with Gasteiger partial charge in [0.25, 0.3) is 0 Å². The minimum absolute atomic E-state index is 0.644. The highest BCUT2D eigenvalue weighted by atomic mass is 35.5. The number of H-pyrrole nitrogens is 1. The summed E-state index contributed by atoms with van der Waals surface area (Å²) in [7, 11) is 0. The Balaban J connectivity index is 2.19. The molecule has 0 spiro atoms. The average molecular weight is 231 g/mol. The predicted molar refractivity (Wildman–Crippen MR) is 67.2 cm³/mol. The lowest BCUT2D eigenvalue weighted by Crippen LogP contribution is -2.32. The van der Waals surface area contributed by atoms with Gasteiger partial charge in [0.05, 0.1) is 0 Å². The maximum absolute atomic E-state index is 6.55. The highest BCUT2D eigenvalue weighted by Gasteiger charge is 2.28. The van der Waals surface area contributed by atoms with E-state index < -0.39 is 5.00 Å². The van der Waals surface area contributed by atoms with Gasteiger partial charge in [0, 0.05) is 22.7 Å². The third kappa shape index (κ3) is 1.34. The number of aromatic nitrogens is 1. The Morgan fingerprint density at radius 2 is 2.00 bits per heavy atom. The molecule has 1 aromatic heterocycles. The molecule has 2 N–H and O–H groups in total. The summed E-state index contributed by atoms with van der Waals surface area (Å²) >= 11 is 6.55. The van der Waals surface area contributed by atoms with E-state index >= 15 is 0 Å². The van der Waals surface area contributed by atoms with Crippen molar-refractivity contribution in [3.05, 3.63) is 60.5 Å². The molecule has 0 saturated heterocycles. The molecule has 1 aliphatic heterocycles. The van der Waals surface area contributed by atoms with Crippen LogP contribution in [0.1, 0.15) is 5.56 Å². The van der Waals surface area contributed by atoms with Gasteiger partial charge in [0.2, 0.25) is 0 Å². The van der Waals surface area contributed by atoms with Gasteiger partial charge in [-0.15, -0.1) is 0 Å². The van der Waals surface area contributed by atoms with Crippen molar-refractivity contribution in [3.8, 4) is 0 Å². The molecule has 80 valence electrons. The number of alkyl halides is 1. The minimum Gasteiger partial charge on any atom is -0.366 e. The van der Waals surface area contributed by atoms with E-state index in [1.54, 1.807) is 0 Å². The number of dihydropyridines is 1. The molecule has 1 atom stereocenters. The van der Waals surface area contributed by atoms with E-state index in [1.165, 1.54) is 0 Å². The van der Waals surface area contributed by atoms with Crippen LogP contribution in [0, 0.1) is 0 Å². The van der Waals surface area contributed by atoms with Crippen LogP contribution in [-0.2, 0) is 5.00 Å². The van der Waals surface area contributed by atoms with E-state index in [0.29, 0.717) is 0 Å². The lowest BCUT2D eigenvalue weighted by atomic mass is 10.0. The van der Waals surface area contributed by atoms with Gasteiger partial charge in [-0.25, -0.2) is 0 Å².